The fourth-order valence-electron chi connectivity index (χ4n) is 3.09. The van der Waals surface area contributed by atoms with E-state index in [0.29, 0.717) is 36.4 Å². The van der Waals surface area contributed by atoms with Gasteiger partial charge in [0.15, 0.2) is 5.65 Å². The summed E-state index contributed by atoms with van der Waals surface area (Å²) < 4.78 is 6.94. The van der Waals surface area contributed by atoms with Crippen molar-refractivity contribution in [3.8, 4) is 5.88 Å². The van der Waals surface area contributed by atoms with E-state index >= 15 is 0 Å². The first-order valence-electron chi connectivity index (χ1n) is 8.69. The van der Waals surface area contributed by atoms with Crippen molar-refractivity contribution in [3.05, 3.63) is 24.0 Å². The minimum Gasteiger partial charge on any atom is -0.477 e. The Balaban J connectivity index is 1.57. The molecule has 7 heteroatoms. The number of piperidine rings is 1. The fourth-order valence-corrected chi connectivity index (χ4v) is 3.09. The van der Waals surface area contributed by atoms with E-state index in [9.17, 15) is 4.79 Å². The van der Waals surface area contributed by atoms with Crippen molar-refractivity contribution in [2.75, 3.05) is 26.2 Å². The van der Waals surface area contributed by atoms with E-state index in [1.54, 1.807) is 22.8 Å². The smallest absolute Gasteiger partial charge is 0.271 e. The number of carbonyl (C=O) groups excluding carboxylic acids is 1. The van der Waals surface area contributed by atoms with Crippen LogP contribution in [0.25, 0.3) is 5.65 Å². The summed E-state index contributed by atoms with van der Waals surface area (Å²) in [6.07, 6.45) is 5.44. The van der Waals surface area contributed by atoms with Gasteiger partial charge < -0.3 is 10.1 Å². The zero-order chi connectivity index (χ0) is 16.9. The van der Waals surface area contributed by atoms with Gasteiger partial charge in [-0.05, 0) is 39.3 Å². The molecule has 1 amide bonds. The summed E-state index contributed by atoms with van der Waals surface area (Å²) in [5, 5.41) is 7.23. The van der Waals surface area contributed by atoms with Crippen LogP contribution in [-0.2, 0) is 0 Å². The molecule has 1 aliphatic rings. The van der Waals surface area contributed by atoms with Crippen LogP contribution in [0.4, 0.5) is 0 Å². The zero-order valence-electron chi connectivity index (χ0n) is 14.4. The van der Waals surface area contributed by atoms with Crippen LogP contribution < -0.4 is 10.1 Å². The van der Waals surface area contributed by atoms with Crippen LogP contribution in [-0.4, -0.2) is 57.7 Å². The predicted octanol–water partition coefficient (Wildman–Crippen LogP) is 1.73. The Morgan fingerprint density at radius 1 is 1.42 bits per heavy atom. The van der Waals surface area contributed by atoms with Crippen molar-refractivity contribution >= 4 is 11.6 Å². The maximum absolute atomic E-state index is 12.3. The molecule has 3 heterocycles. The normalized spacial score (nSPS) is 18.7. The van der Waals surface area contributed by atoms with Crippen molar-refractivity contribution in [3.63, 3.8) is 0 Å². The van der Waals surface area contributed by atoms with Crippen LogP contribution in [0.15, 0.2) is 18.3 Å². The molecule has 0 aliphatic carbocycles. The third kappa shape index (κ3) is 3.84. The molecule has 0 unspecified atom stereocenters. The summed E-state index contributed by atoms with van der Waals surface area (Å²) in [5.41, 5.74) is 1.01. The summed E-state index contributed by atoms with van der Waals surface area (Å²) in [5.74, 6) is 0.358. The molecule has 1 N–H and O–H groups in total. The lowest BCUT2D eigenvalue weighted by Gasteiger charge is -2.33. The first kappa shape index (κ1) is 16.7. The second-order valence-corrected chi connectivity index (χ2v) is 6.17. The Hall–Kier alpha value is -2.15. The summed E-state index contributed by atoms with van der Waals surface area (Å²) in [7, 11) is 0. The maximum atomic E-state index is 12.3. The molecule has 1 atom stereocenters. The third-order valence-corrected chi connectivity index (χ3v) is 4.45. The van der Waals surface area contributed by atoms with Gasteiger partial charge in [-0.1, -0.05) is 6.42 Å². The van der Waals surface area contributed by atoms with Gasteiger partial charge in [0.25, 0.3) is 5.91 Å². The van der Waals surface area contributed by atoms with Crippen LogP contribution in [0, 0.1) is 0 Å². The molecule has 3 rings (SSSR count). The number of fused-ring (bicyclic) bond motifs is 1. The molecule has 0 spiro atoms. The fraction of sp³-hybridized carbons (Fsp3) is 0.588. The first-order valence-corrected chi connectivity index (χ1v) is 8.69. The molecule has 1 saturated heterocycles. The molecular formula is C17H25N5O2. The van der Waals surface area contributed by atoms with Crippen molar-refractivity contribution in [1.29, 1.82) is 0 Å². The second-order valence-electron chi connectivity index (χ2n) is 6.17. The van der Waals surface area contributed by atoms with Gasteiger partial charge in [0, 0.05) is 25.2 Å². The molecule has 130 valence electrons. The molecule has 0 radical (unpaired) electrons. The number of hydrogen-bond donors (Lipinski definition) is 1. The monoisotopic (exact) mass is 331 g/mol. The average Bonchev–Trinajstić information content (AvgIpc) is 3.00. The van der Waals surface area contributed by atoms with E-state index < -0.39 is 0 Å². The average molecular weight is 331 g/mol. The number of nitrogens with one attached hydrogen (secondary N) is 1. The van der Waals surface area contributed by atoms with Crippen molar-refractivity contribution in [1.82, 2.24) is 24.8 Å². The second kappa shape index (κ2) is 7.61. The molecule has 1 fully saturated rings. The lowest BCUT2D eigenvalue weighted by Crippen LogP contribution is -2.42. The van der Waals surface area contributed by atoms with Gasteiger partial charge in [0.05, 0.1) is 12.8 Å². The molecule has 24 heavy (non-hydrogen) atoms. The molecule has 1 aliphatic heterocycles. The number of aromatic nitrogens is 3. The zero-order valence-corrected chi connectivity index (χ0v) is 14.4. The van der Waals surface area contributed by atoms with Gasteiger partial charge in [0.2, 0.25) is 5.88 Å². The van der Waals surface area contributed by atoms with Crippen LogP contribution in [0.1, 0.15) is 43.6 Å². The molecule has 2 aromatic rings. The SMILES string of the molecule is CCOc1ccc2nc(C(=O)NCCN3CCCC[C@H]3C)cn2n1. The summed E-state index contributed by atoms with van der Waals surface area (Å²) in [6, 6.07) is 4.15. The standard InChI is InChI=1S/C17H25N5O2/c1-3-24-16-8-7-15-19-14(12-22(15)20-16)17(23)18-9-11-21-10-5-4-6-13(21)2/h7-8,12-13H,3-6,9-11H2,1-2H3,(H,18,23)/t13-/m1/s1. The minimum atomic E-state index is -0.164. The van der Waals surface area contributed by atoms with Crippen LogP contribution >= 0.6 is 0 Å². The van der Waals surface area contributed by atoms with Crippen LogP contribution in [0.2, 0.25) is 0 Å². The van der Waals surface area contributed by atoms with Gasteiger partial charge in [-0.25, -0.2) is 9.50 Å². The summed E-state index contributed by atoms with van der Waals surface area (Å²) in [4.78, 5) is 19.0. The van der Waals surface area contributed by atoms with Crippen molar-refractivity contribution < 1.29 is 9.53 Å². The highest BCUT2D eigenvalue weighted by Gasteiger charge is 2.18. The van der Waals surface area contributed by atoms with Gasteiger partial charge in [-0.3, -0.25) is 9.69 Å². The number of nitrogens with zero attached hydrogens (tertiary/aromatic N) is 4. The lowest BCUT2D eigenvalue weighted by molar-refractivity contribution is 0.0934. The van der Waals surface area contributed by atoms with Crippen LogP contribution in [0.5, 0.6) is 5.88 Å². The molecule has 0 aromatic carbocycles. The van der Waals surface area contributed by atoms with E-state index in [-0.39, 0.29) is 5.91 Å². The van der Waals surface area contributed by atoms with E-state index in [1.807, 2.05) is 6.92 Å². The van der Waals surface area contributed by atoms with E-state index in [1.165, 1.54) is 19.3 Å². The Morgan fingerprint density at radius 2 is 2.29 bits per heavy atom. The molecule has 0 saturated carbocycles. The van der Waals surface area contributed by atoms with E-state index in [4.69, 9.17) is 4.74 Å². The number of amides is 1. The first-order chi connectivity index (χ1) is 11.7. The number of rotatable bonds is 6. The molecule has 0 bridgehead atoms. The number of imidazole rings is 1. The summed E-state index contributed by atoms with van der Waals surface area (Å²) in [6.45, 7) is 7.35. The highest BCUT2D eigenvalue weighted by atomic mass is 16.5. The highest BCUT2D eigenvalue weighted by Crippen LogP contribution is 2.15. The Bertz CT molecular complexity index is 699. The number of likely N-dealkylation sites (tertiary alicyclic amines) is 1. The highest BCUT2D eigenvalue weighted by molar-refractivity contribution is 5.92. The third-order valence-electron chi connectivity index (χ3n) is 4.45. The molecule has 2 aromatic heterocycles. The van der Waals surface area contributed by atoms with Crippen molar-refractivity contribution in [2.24, 2.45) is 0 Å². The van der Waals surface area contributed by atoms with E-state index in [0.717, 1.165) is 13.1 Å². The lowest BCUT2D eigenvalue weighted by atomic mass is 10.0. The molecular weight excluding hydrogens is 306 g/mol. The topological polar surface area (TPSA) is 71.8 Å². The van der Waals surface area contributed by atoms with Gasteiger partial charge in [-0.15, -0.1) is 5.10 Å². The quantitative estimate of drug-likeness (QED) is 0.873. The number of hydrogen-bond acceptors (Lipinski definition) is 5. The maximum Gasteiger partial charge on any atom is 0.271 e. The number of ether oxygens (including phenoxy) is 1. The molecule has 7 nitrogen and oxygen atoms in total. The van der Waals surface area contributed by atoms with E-state index in [2.05, 4.69) is 27.2 Å². The van der Waals surface area contributed by atoms with Gasteiger partial charge in [-0.2, -0.15) is 0 Å². The van der Waals surface area contributed by atoms with Crippen LogP contribution in [0.3, 0.4) is 0 Å². The Kier molecular flexibility index (Phi) is 5.30. The Labute approximate surface area is 142 Å². The van der Waals surface area contributed by atoms with Gasteiger partial charge in [0.1, 0.15) is 5.69 Å². The minimum absolute atomic E-state index is 0.164. The summed E-state index contributed by atoms with van der Waals surface area (Å²) >= 11 is 0. The van der Waals surface area contributed by atoms with Crippen molar-refractivity contribution in [2.45, 2.75) is 39.2 Å². The Morgan fingerprint density at radius 3 is 3.08 bits per heavy atom. The van der Waals surface area contributed by atoms with Gasteiger partial charge >= 0.3 is 0 Å². The number of carbonyl (C=O) groups is 1. The predicted molar refractivity (Wildman–Crippen MR) is 91.4 cm³/mol. The largest absolute Gasteiger partial charge is 0.477 e.